The van der Waals surface area contributed by atoms with Crippen LogP contribution in [-0.4, -0.2) is 6.71 Å². The SMILES string of the molecule is CC(C)(C)c1cc(-c2ccccc2)c(N2c3cc4c(cc3B3c5cc(-c6ccccc6)c(C(C)(C)C)cc5N(c5c(-c6ccccc6)cc(C(C)(C)C)cc5-c5ccccc5)c5cc(C(C)(C)C)cc2c53)C(c2ccccc2)(c2ccccc2)c2ccccc2-4)c(-c2ccccc2)c1. The second-order valence-corrected chi connectivity index (χ2v) is 31.6. The predicted octanol–water partition coefficient (Wildman–Crippen LogP) is 23.7. The summed E-state index contributed by atoms with van der Waals surface area (Å²) in [4.78, 5) is 5.54. The molecule has 3 heteroatoms. The van der Waals surface area contributed by atoms with Gasteiger partial charge >= 0.3 is 0 Å². The third-order valence-corrected chi connectivity index (χ3v) is 21.3. The Labute approximate surface area is 582 Å². The lowest BCUT2D eigenvalue weighted by atomic mass is 9.33. The number of hydrogen-bond acceptors (Lipinski definition) is 2. The largest absolute Gasteiger partial charge is 0.310 e. The number of fused-ring (bicyclic) bond motifs is 7. The van der Waals surface area contributed by atoms with E-state index in [1.165, 1.54) is 150 Å². The van der Waals surface area contributed by atoms with Crippen LogP contribution in [0.5, 0.6) is 0 Å². The van der Waals surface area contributed by atoms with Gasteiger partial charge in [0.2, 0.25) is 0 Å². The topological polar surface area (TPSA) is 6.48 Å². The van der Waals surface area contributed by atoms with Crippen LogP contribution in [0, 0.1) is 0 Å². The minimum atomic E-state index is -0.676. The first-order valence-corrected chi connectivity index (χ1v) is 35.2. The van der Waals surface area contributed by atoms with Crippen molar-refractivity contribution < 1.29 is 0 Å². The summed E-state index contributed by atoms with van der Waals surface area (Å²) in [6.45, 7) is 28.4. The number of anilines is 6. The van der Waals surface area contributed by atoms with Crippen LogP contribution < -0.4 is 26.2 Å². The van der Waals surface area contributed by atoms with Crippen molar-refractivity contribution in [3.05, 3.63) is 342 Å². The standard InChI is InChI=1S/C95H85BN2/c1-91(2,3)69-52-74(63-38-22-14-23-39-63)89(75(53-69)64-40-24-15-25-41-64)97-84-59-78-72-50-34-35-51-79(72)95(67-46-30-18-31-47-67,68-48-32-19-33-49-68)81(78)60-83(84)96-82-58-73(62-36-20-13-21-37-62)80(94(10,11)12)61-85(82)98(87-57-71(93(7,8)9)56-86(97)88(87)96)90-76(65-42-26-16-27-43-65)54-70(92(4,5)6)55-77(90)66-44-28-17-29-45-66/h13-61H,1-12H3. The maximum Gasteiger partial charge on any atom is 0.252 e. The molecule has 13 aromatic rings. The molecule has 0 atom stereocenters. The lowest BCUT2D eigenvalue weighted by molar-refractivity contribution is 0.590. The maximum absolute atomic E-state index is 2.77. The zero-order chi connectivity index (χ0) is 67.6. The van der Waals surface area contributed by atoms with Gasteiger partial charge in [-0.1, -0.05) is 332 Å². The Morgan fingerprint density at radius 3 is 0.959 bits per heavy atom. The molecule has 478 valence electrons. The Morgan fingerprint density at radius 2 is 0.582 bits per heavy atom. The van der Waals surface area contributed by atoms with E-state index < -0.39 is 5.41 Å². The number of nitrogens with zero attached hydrogens (tertiary/aromatic N) is 2. The molecule has 0 aromatic heterocycles. The van der Waals surface area contributed by atoms with E-state index in [0.717, 1.165) is 11.4 Å². The third-order valence-electron chi connectivity index (χ3n) is 21.3. The number of benzene rings is 13. The smallest absolute Gasteiger partial charge is 0.252 e. The van der Waals surface area contributed by atoms with Crippen molar-refractivity contribution >= 4 is 57.2 Å². The Morgan fingerprint density at radius 1 is 0.255 bits per heavy atom. The molecule has 2 nitrogen and oxygen atoms in total. The Balaban J connectivity index is 1.16. The molecular formula is C95H85BN2. The van der Waals surface area contributed by atoms with Crippen LogP contribution in [-0.2, 0) is 27.1 Å². The van der Waals surface area contributed by atoms with Crippen molar-refractivity contribution in [2.75, 3.05) is 9.80 Å². The highest BCUT2D eigenvalue weighted by molar-refractivity contribution is 7.00. The van der Waals surface area contributed by atoms with E-state index in [-0.39, 0.29) is 28.4 Å². The maximum atomic E-state index is 2.77. The highest BCUT2D eigenvalue weighted by atomic mass is 15.2. The van der Waals surface area contributed by atoms with E-state index in [9.17, 15) is 0 Å². The van der Waals surface area contributed by atoms with E-state index in [1.54, 1.807) is 0 Å². The van der Waals surface area contributed by atoms with Crippen molar-refractivity contribution in [1.82, 2.24) is 0 Å². The van der Waals surface area contributed by atoms with Crippen molar-refractivity contribution in [3.63, 3.8) is 0 Å². The molecule has 0 saturated heterocycles. The molecule has 0 N–H and O–H groups in total. The van der Waals surface area contributed by atoms with Gasteiger partial charge in [-0.05, 0) is 176 Å². The third kappa shape index (κ3) is 10.2. The molecule has 0 radical (unpaired) electrons. The predicted molar refractivity (Wildman–Crippen MR) is 420 cm³/mol. The average molecular weight is 1270 g/mol. The highest BCUT2D eigenvalue weighted by Gasteiger charge is 2.51. The zero-order valence-corrected chi connectivity index (χ0v) is 58.8. The summed E-state index contributed by atoms with van der Waals surface area (Å²) in [6, 6.07) is 114. The lowest BCUT2D eigenvalue weighted by Crippen LogP contribution is -2.62. The molecule has 0 bridgehead atoms. The van der Waals surface area contributed by atoms with Crippen LogP contribution in [0.15, 0.2) is 297 Å². The van der Waals surface area contributed by atoms with Crippen LogP contribution in [0.2, 0.25) is 0 Å². The first-order valence-electron chi connectivity index (χ1n) is 35.2. The molecule has 0 saturated carbocycles. The van der Waals surface area contributed by atoms with Crippen LogP contribution in [0.3, 0.4) is 0 Å². The van der Waals surface area contributed by atoms with Gasteiger partial charge in [0.05, 0.1) is 16.8 Å². The molecule has 2 aliphatic heterocycles. The van der Waals surface area contributed by atoms with Gasteiger partial charge in [0.1, 0.15) is 0 Å². The molecule has 98 heavy (non-hydrogen) atoms. The molecule has 16 rings (SSSR count). The molecule has 2 heterocycles. The lowest BCUT2D eigenvalue weighted by Gasteiger charge is -2.47. The van der Waals surface area contributed by atoms with Gasteiger partial charge in [0.15, 0.2) is 0 Å². The van der Waals surface area contributed by atoms with Crippen molar-refractivity contribution in [3.8, 4) is 66.8 Å². The second kappa shape index (κ2) is 23.4. The van der Waals surface area contributed by atoms with Gasteiger partial charge < -0.3 is 9.80 Å². The summed E-state index contributed by atoms with van der Waals surface area (Å²) in [5, 5.41) is 0. The molecule has 1 aliphatic carbocycles. The fraction of sp³-hybridized carbons (Fsp3) is 0.179. The zero-order valence-electron chi connectivity index (χ0n) is 58.8. The summed E-state index contributed by atoms with van der Waals surface area (Å²) in [6.07, 6.45) is 0. The molecule has 13 aromatic carbocycles. The summed E-state index contributed by atoms with van der Waals surface area (Å²) in [5.74, 6) is 0. The monoisotopic (exact) mass is 1260 g/mol. The summed E-state index contributed by atoms with van der Waals surface area (Å²) >= 11 is 0. The Hall–Kier alpha value is -10.5. The fourth-order valence-electron chi connectivity index (χ4n) is 16.3. The Kier molecular flexibility index (Phi) is 14.9. The quantitative estimate of drug-likeness (QED) is 0.133. The van der Waals surface area contributed by atoms with E-state index in [1.807, 2.05) is 0 Å². The van der Waals surface area contributed by atoms with Crippen LogP contribution in [0.1, 0.15) is 128 Å². The van der Waals surface area contributed by atoms with Gasteiger partial charge in [-0.2, -0.15) is 0 Å². The van der Waals surface area contributed by atoms with Gasteiger partial charge in [-0.25, -0.2) is 0 Å². The van der Waals surface area contributed by atoms with Crippen LogP contribution in [0.25, 0.3) is 66.8 Å². The fourth-order valence-corrected chi connectivity index (χ4v) is 16.3. The average Bonchev–Trinajstić information content (AvgIpc) is 1.14. The molecule has 0 fully saturated rings. The van der Waals surface area contributed by atoms with Crippen molar-refractivity contribution in [2.45, 2.75) is 110 Å². The van der Waals surface area contributed by atoms with E-state index in [0.29, 0.717) is 0 Å². The van der Waals surface area contributed by atoms with Crippen molar-refractivity contribution in [2.24, 2.45) is 0 Å². The summed E-state index contributed by atoms with van der Waals surface area (Å²) in [7, 11) is 0. The van der Waals surface area contributed by atoms with Gasteiger partial charge in [-0.3, -0.25) is 0 Å². The minimum absolute atomic E-state index is 0.180. The minimum Gasteiger partial charge on any atom is -0.310 e. The summed E-state index contributed by atoms with van der Waals surface area (Å²) in [5.41, 5.74) is 33.8. The van der Waals surface area contributed by atoms with E-state index in [4.69, 9.17) is 0 Å². The molecule has 0 spiro atoms. The van der Waals surface area contributed by atoms with Gasteiger partial charge in [0.25, 0.3) is 6.71 Å². The molecular weight excluding hydrogens is 1180 g/mol. The first-order chi connectivity index (χ1) is 47.2. The Bertz CT molecular complexity index is 5040. The van der Waals surface area contributed by atoms with E-state index in [2.05, 4.69) is 390 Å². The first kappa shape index (κ1) is 62.3. The van der Waals surface area contributed by atoms with Crippen molar-refractivity contribution in [1.29, 1.82) is 0 Å². The van der Waals surface area contributed by atoms with Crippen LogP contribution >= 0.6 is 0 Å². The molecule has 0 amide bonds. The molecule has 3 aliphatic rings. The van der Waals surface area contributed by atoms with Gasteiger partial charge in [0, 0.05) is 45.0 Å². The number of hydrogen-bond donors (Lipinski definition) is 0. The normalized spacial score (nSPS) is 13.7. The number of rotatable bonds is 9. The summed E-state index contributed by atoms with van der Waals surface area (Å²) < 4.78 is 0. The van der Waals surface area contributed by atoms with E-state index >= 15 is 0 Å². The van der Waals surface area contributed by atoms with Crippen LogP contribution in [0.4, 0.5) is 34.1 Å². The molecule has 0 unspecified atom stereocenters. The highest BCUT2D eigenvalue weighted by Crippen LogP contribution is 2.60. The second-order valence-electron chi connectivity index (χ2n) is 31.6. The van der Waals surface area contributed by atoms with Gasteiger partial charge in [-0.15, -0.1) is 0 Å².